The summed E-state index contributed by atoms with van der Waals surface area (Å²) in [5.74, 6) is 0.836. The SMILES string of the molecule is CCc1nn(CC)c(CN[C@H](C)C2CCCC2)c1Cl. The highest BCUT2D eigenvalue weighted by Crippen LogP contribution is 2.28. The Hall–Kier alpha value is -0.540. The van der Waals surface area contributed by atoms with E-state index in [-0.39, 0.29) is 0 Å². The van der Waals surface area contributed by atoms with Gasteiger partial charge in [-0.2, -0.15) is 5.10 Å². The summed E-state index contributed by atoms with van der Waals surface area (Å²) in [4.78, 5) is 0. The van der Waals surface area contributed by atoms with Crippen LogP contribution in [-0.4, -0.2) is 15.8 Å². The van der Waals surface area contributed by atoms with Gasteiger partial charge >= 0.3 is 0 Å². The van der Waals surface area contributed by atoms with Crippen LogP contribution in [-0.2, 0) is 19.5 Å². The summed E-state index contributed by atoms with van der Waals surface area (Å²) in [5.41, 5.74) is 2.17. The molecule has 3 nitrogen and oxygen atoms in total. The molecule has 4 heteroatoms. The molecule has 19 heavy (non-hydrogen) atoms. The Bertz CT molecular complexity index is 408. The number of rotatable bonds is 6. The van der Waals surface area contributed by atoms with Gasteiger partial charge in [-0.25, -0.2) is 0 Å². The molecule has 1 N–H and O–H groups in total. The Labute approximate surface area is 121 Å². The fourth-order valence-electron chi connectivity index (χ4n) is 3.07. The maximum atomic E-state index is 6.43. The quantitative estimate of drug-likeness (QED) is 0.861. The van der Waals surface area contributed by atoms with Gasteiger partial charge < -0.3 is 5.32 Å². The van der Waals surface area contributed by atoms with Crippen LogP contribution in [0.5, 0.6) is 0 Å². The zero-order valence-electron chi connectivity index (χ0n) is 12.4. The van der Waals surface area contributed by atoms with Crippen LogP contribution >= 0.6 is 11.6 Å². The normalized spacial score (nSPS) is 18.1. The molecule has 0 amide bonds. The average molecular weight is 284 g/mol. The van der Waals surface area contributed by atoms with Crippen molar-refractivity contribution in [1.82, 2.24) is 15.1 Å². The van der Waals surface area contributed by atoms with E-state index in [1.807, 2.05) is 4.68 Å². The molecule has 0 spiro atoms. The van der Waals surface area contributed by atoms with E-state index in [1.165, 1.54) is 25.7 Å². The topological polar surface area (TPSA) is 29.9 Å². The van der Waals surface area contributed by atoms with Gasteiger partial charge in [0.1, 0.15) is 0 Å². The molecule has 1 aliphatic carbocycles. The minimum absolute atomic E-state index is 0.573. The Morgan fingerprint density at radius 2 is 2.05 bits per heavy atom. The summed E-state index contributed by atoms with van der Waals surface area (Å²) in [6.45, 7) is 8.24. The van der Waals surface area contributed by atoms with Crippen LogP contribution in [0.1, 0.15) is 57.8 Å². The van der Waals surface area contributed by atoms with Crippen molar-refractivity contribution >= 4 is 11.6 Å². The minimum atomic E-state index is 0.573. The van der Waals surface area contributed by atoms with Gasteiger partial charge in [0, 0.05) is 19.1 Å². The van der Waals surface area contributed by atoms with Crippen molar-refractivity contribution in [2.75, 3.05) is 0 Å². The molecule has 2 rings (SSSR count). The van der Waals surface area contributed by atoms with Crippen molar-refractivity contribution in [3.63, 3.8) is 0 Å². The monoisotopic (exact) mass is 283 g/mol. The van der Waals surface area contributed by atoms with Crippen molar-refractivity contribution in [2.24, 2.45) is 5.92 Å². The third-order valence-electron chi connectivity index (χ3n) is 4.39. The van der Waals surface area contributed by atoms with E-state index in [2.05, 4.69) is 31.2 Å². The lowest BCUT2D eigenvalue weighted by Gasteiger charge is -2.20. The molecule has 1 aromatic rings. The zero-order valence-corrected chi connectivity index (χ0v) is 13.1. The summed E-state index contributed by atoms with van der Waals surface area (Å²) >= 11 is 6.43. The molecule has 0 saturated heterocycles. The molecule has 1 saturated carbocycles. The Balaban J connectivity index is 1.99. The molecule has 1 atom stereocenters. The third-order valence-corrected chi connectivity index (χ3v) is 4.83. The lowest BCUT2D eigenvalue weighted by atomic mass is 10.00. The van der Waals surface area contributed by atoms with Crippen molar-refractivity contribution in [3.05, 3.63) is 16.4 Å². The molecule has 0 bridgehead atoms. The highest BCUT2D eigenvalue weighted by molar-refractivity contribution is 6.31. The zero-order chi connectivity index (χ0) is 13.8. The van der Waals surface area contributed by atoms with Gasteiger partial charge in [-0.05, 0) is 39.0 Å². The van der Waals surface area contributed by atoms with E-state index in [0.29, 0.717) is 6.04 Å². The predicted octanol–water partition coefficient (Wildman–Crippen LogP) is 3.79. The van der Waals surface area contributed by atoms with Gasteiger partial charge in [-0.3, -0.25) is 4.68 Å². The van der Waals surface area contributed by atoms with E-state index in [1.54, 1.807) is 0 Å². The first-order valence-corrected chi connectivity index (χ1v) is 8.02. The van der Waals surface area contributed by atoms with Gasteiger partial charge in [-0.1, -0.05) is 31.4 Å². The minimum Gasteiger partial charge on any atom is -0.308 e. The van der Waals surface area contributed by atoms with Gasteiger partial charge in [0.25, 0.3) is 0 Å². The standard InChI is InChI=1S/C15H26ClN3/c1-4-13-15(16)14(19(5-2)18-13)10-17-11(3)12-8-6-7-9-12/h11-12,17H,4-10H2,1-3H3/t11-/m1/s1. The van der Waals surface area contributed by atoms with Crippen LogP contribution in [0.15, 0.2) is 0 Å². The van der Waals surface area contributed by atoms with Crippen LogP contribution in [0.4, 0.5) is 0 Å². The van der Waals surface area contributed by atoms with Crippen LogP contribution < -0.4 is 5.32 Å². The van der Waals surface area contributed by atoms with E-state index >= 15 is 0 Å². The highest BCUT2D eigenvalue weighted by Gasteiger charge is 2.22. The van der Waals surface area contributed by atoms with Gasteiger partial charge in [0.2, 0.25) is 0 Å². The lowest BCUT2D eigenvalue weighted by Crippen LogP contribution is -2.32. The first kappa shape index (κ1) is 14.9. The summed E-state index contributed by atoms with van der Waals surface area (Å²) in [5, 5.41) is 9.07. The highest BCUT2D eigenvalue weighted by atomic mass is 35.5. The molecular formula is C15H26ClN3. The van der Waals surface area contributed by atoms with Crippen molar-refractivity contribution in [3.8, 4) is 0 Å². The molecule has 0 radical (unpaired) electrons. The third kappa shape index (κ3) is 3.32. The fraction of sp³-hybridized carbons (Fsp3) is 0.800. The summed E-state index contributed by atoms with van der Waals surface area (Å²) in [6.07, 6.45) is 6.43. The van der Waals surface area contributed by atoms with Crippen molar-refractivity contribution < 1.29 is 0 Å². The Kier molecular flexibility index (Phi) is 5.28. The van der Waals surface area contributed by atoms with Crippen LogP contribution in [0, 0.1) is 5.92 Å². The molecule has 0 aromatic carbocycles. The first-order valence-electron chi connectivity index (χ1n) is 7.64. The molecule has 108 valence electrons. The molecule has 1 aromatic heterocycles. The van der Waals surface area contributed by atoms with E-state index in [9.17, 15) is 0 Å². The molecule has 1 fully saturated rings. The number of hydrogen-bond acceptors (Lipinski definition) is 2. The summed E-state index contributed by atoms with van der Waals surface area (Å²) < 4.78 is 2.04. The largest absolute Gasteiger partial charge is 0.308 e. The summed E-state index contributed by atoms with van der Waals surface area (Å²) in [7, 11) is 0. The molecule has 1 heterocycles. The van der Waals surface area contributed by atoms with Gasteiger partial charge in [-0.15, -0.1) is 0 Å². The van der Waals surface area contributed by atoms with Crippen LogP contribution in [0.3, 0.4) is 0 Å². The molecule has 0 aliphatic heterocycles. The fourth-order valence-corrected chi connectivity index (χ4v) is 3.40. The number of nitrogens with one attached hydrogen (secondary N) is 1. The van der Waals surface area contributed by atoms with E-state index in [4.69, 9.17) is 11.6 Å². The number of hydrogen-bond donors (Lipinski definition) is 1. The number of aryl methyl sites for hydroxylation is 2. The average Bonchev–Trinajstić information content (AvgIpc) is 3.04. The van der Waals surface area contributed by atoms with Crippen LogP contribution in [0.25, 0.3) is 0 Å². The second-order valence-corrected chi connectivity index (χ2v) is 5.97. The maximum Gasteiger partial charge on any atom is 0.0863 e. The number of aromatic nitrogens is 2. The van der Waals surface area contributed by atoms with E-state index in [0.717, 1.165) is 41.8 Å². The maximum absolute atomic E-state index is 6.43. The number of nitrogens with zero attached hydrogens (tertiary/aromatic N) is 2. The van der Waals surface area contributed by atoms with Crippen molar-refractivity contribution in [1.29, 1.82) is 0 Å². The molecular weight excluding hydrogens is 258 g/mol. The second-order valence-electron chi connectivity index (χ2n) is 5.59. The van der Waals surface area contributed by atoms with Gasteiger partial charge in [0.05, 0.1) is 16.4 Å². The summed E-state index contributed by atoms with van der Waals surface area (Å²) in [6, 6.07) is 0.573. The molecule has 1 aliphatic rings. The Morgan fingerprint density at radius 3 is 2.63 bits per heavy atom. The second kappa shape index (κ2) is 6.76. The van der Waals surface area contributed by atoms with Gasteiger partial charge in [0.15, 0.2) is 0 Å². The number of halogens is 1. The lowest BCUT2D eigenvalue weighted by molar-refractivity contribution is 0.375. The first-order chi connectivity index (χ1) is 9.17. The van der Waals surface area contributed by atoms with Crippen molar-refractivity contribution in [2.45, 2.75) is 72.0 Å². The molecule has 0 unspecified atom stereocenters. The van der Waals surface area contributed by atoms with Crippen LogP contribution in [0.2, 0.25) is 5.02 Å². The predicted molar refractivity (Wildman–Crippen MR) is 80.5 cm³/mol. The Morgan fingerprint density at radius 1 is 1.37 bits per heavy atom. The van der Waals surface area contributed by atoms with E-state index < -0.39 is 0 Å². The smallest absolute Gasteiger partial charge is 0.0863 e.